The van der Waals surface area contributed by atoms with Crippen LogP contribution in [-0.2, 0) is 16.0 Å². The molecule has 1 aromatic rings. The van der Waals surface area contributed by atoms with E-state index in [1.807, 2.05) is 24.3 Å². The van der Waals surface area contributed by atoms with Crippen LogP contribution in [0.25, 0.3) is 0 Å². The van der Waals surface area contributed by atoms with Gasteiger partial charge < -0.3 is 15.5 Å². The van der Waals surface area contributed by atoms with E-state index in [9.17, 15) is 9.59 Å². The Morgan fingerprint density at radius 1 is 1.00 bits per heavy atom. The second-order valence-corrected chi connectivity index (χ2v) is 7.06. The molecular weight excluding hydrogens is 346 g/mol. The van der Waals surface area contributed by atoms with E-state index in [2.05, 4.69) is 17.6 Å². The molecule has 0 unspecified atom stereocenters. The first-order valence-corrected chi connectivity index (χ1v) is 9.73. The number of nitrogens with zero attached hydrogens (tertiary/aromatic N) is 1. The van der Waals surface area contributed by atoms with Gasteiger partial charge in [0.15, 0.2) is 5.11 Å². The number of hydrogen-bond acceptors (Lipinski definition) is 3. The lowest BCUT2D eigenvalue weighted by molar-refractivity contribution is -0.128. The van der Waals surface area contributed by atoms with Gasteiger partial charge >= 0.3 is 0 Å². The highest BCUT2D eigenvalue weighted by Gasteiger charge is 2.06. The fourth-order valence-electron chi connectivity index (χ4n) is 2.47. The molecule has 0 radical (unpaired) electrons. The number of anilines is 1. The summed E-state index contributed by atoms with van der Waals surface area (Å²) in [5, 5.41) is 6.05. The molecule has 2 amide bonds. The van der Waals surface area contributed by atoms with Gasteiger partial charge in [-0.25, -0.2) is 0 Å². The molecule has 0 aliphatic rings. The zero-order valence-corrected chi connectivity index (χ0v) is 17.0. The minimum atomic E-state index is -0.0437. The van der Waals surface area contributed by atoms with Crippen molar-refractivity contribution in [1.82, 2.24) is 10.2 Å². The Balaban J connectivity index is 2.31. The zero-order valence-electron chi connectivity index (χ0n) is 16.1. The summed E-state index contributed by atoms with van der Waals surface area (Å²) >= 11 is 5.19. The van der Waals surface area contributed by atoms with Gasteiger partial charge in [0.25, 0.3) is 0 Å². The Labute approximate surface area is 162 Å². The highest BCUT2D eigenvalue weighted by Crippen LogP contribution is 2.11. The number of carbonyl (C=O) groups is 2. The molecule has 0 aliphatic heterocycles. The standard InChI is InChI=1S/C20H31N3O2S/c1-4-5-6-7-8-9-18(24)22-20(26)21-17-13-10-16(11-14-17)12-15-19(25)23(2)3/h10-11,13-14H,4-9,12,15H2,1-3H3,(H2,21,22,24,26). The maximum absolute atomic E-state index is 11.9. The van der Waals surface area contributed by atoms with E-state index in [4.69, 9.17) is 12.2 Å². The van der Waals surface area contributed by atoms with Crippen molar-refractivity contribution in [2.75, 3.05) is 19.4 Å². The van der Waals surface area contributed by atoms with E-state index in [0.29, 0.717) is 24.4 Å². The third-order valence-electron chi connectivity index (χ3n) is 4.10. The Hall–Kier alpha value is -1.95. The fourth-order valence-corrected chi connectivity index (χ4v) is 2.70. The van der Waals surface area contributed by atoms with Crippen LogP contribution in [0.15, 0.2) is 24.3 Å². The molecule has 0 fully saturated rings. The predicted molar refractivity (Wildman–Crippen MR) is 111 cm³/mol. The van der Waals surface area contributed by atoms with Crippen molar-refractivity contribution < 1.29 is 9.59 Å². The van der Waals surface area contributed by atoms with Crippen LogP contribution in [0.5, 0.6) is 0 Å². The van der Waals surface area contributed by atoms with Gasteiger partial charge in [0, 0.05) is 32.6 Å². The number of carbonyl (C=O) groups excluding carboxylic acids is 2. The highest BCUT2D eigenvalue weighted by atomic mass is 32.1. The predicted octanol–water partition coefficient (Wildman–Crippen LogP) is 3.88. The first kappa shape index (κ1) is 22.1. The number of benzene rings is 1. The SMILES string of the molecule is CCCCCCCC(=O)NC(=S)Nc1ccc(CCC(=O)N(C)C)cc1. The summed E-state index contributed by atoms with van der Waals surface area (Å²) in [5.74, 6) is 0.0728. The van der Waals surface area contributed by atoms with Crippen LogP contribution in [0.3, 0.4) is 0 Å². The second-order valence-electron chi connectivity index (χ2n) is 6.65. The largest absolute Gasteiger partial charge is 0.349 e. The average molecular weight is 378 g/mol. The van der Waals surface area contributed by atoms with Gasteiger partial charge in [-0.05, 0) is 42.8 Å². The van der Waals surface area contributed by atoms with Crippen LogP contribution in [0.4, 0.5) is 5.69 Å². The van der Waals surface area contributed by atoms with Crippen molar-refractivity contribution in [3.8, 4) is 0 Å². The summed E-state index contributed by atoms with van der Waals surface area (Å²) in [7, 11) is 3.52. The van der Waals surface area contributed by atoms with Gasteiger partial charge in [-0.1, -0.05) is 44.7 Å². The number of amides is 2. The van der Waals surface area contributed by atoms with Crippen LogP contribution in [0.2, 0.25) is 0 Å². The normalized spacial score (nSPS) is 10.3. The van der Waals surface area contributed by atoms with Crippen molar-refractivity contribution in [1.29, 1.82) is 0 Å². The first-order valence-electron chi connectivity index (χ1n) is 9.32. The van der Waals surface area contributed by atoms with Crippen LogP contribution in [0.1, 0.15) is 57.4 Å². The molecule has 1 aromatic carbocycles. The van der Waals surface area contributed by atoms with Crippen LogP contribution in [0, 0.1) is 0 Å². The van der Waals surface area contributed by atoms with E-state index >= 15 is 0 Å². The van der Waals surface area contributed by atoms with Gasteiger partial charge in [-0.2, -0.15) is 0 Å². The second kappa shape index (κ2) is 12.4. The average Bonchev–Trinajstić information content (AvgIpc) is 2.60. The molecule has 0 spiro atoms. The Morgan fingerprint density at radius 3 is 2.27 bits per heavy atom. The third-order valence-corrected chi connectivity index (χ3v) is 4.30. The molecular formula is C20H31N3O2S. The Morgan fingerprint density at radius 2 is 1.65 bits per heavy atom. The summed E-state index contributed by atoms with van der Waals surface area (Å²) in [6.07, 6.45) is 7.28. The van der Waals surface area contributed by atoms with Crippen LogP contribution >= 0.6 is 12.2 Å². The lowest BCUT2D eigenvalue weighted by Gasteiger charge is -2.11. The van der Waals surface area contributed by atoms with E-state index < -0.39 is 0 Å². The maximum atomic E-state index is 11.9. The number of thiocarbonyl (C=S) groups is 1. The monoisotopic (exact) mass is 377 g/mol. The molecule has 6 heteroatoms. The molecule has 0 aliphatic carbocycles. The minimum Gasteiger partial charge on any atom is -0.349 e. The first-order chi connectivity index (χ1) is 12.4. The van der Waals surface area contributed by atoms with E-state index in [-0.39, 0.29) is 11.8 Å². The van der Waals surface area contributed by atoms with Crippen molar-refractivity contribution >= 4 is 34.8 Å². The molecule has 0 bridgehead atoms. The summed E-state index contributed by atoms with van der Waals surface area (Å²) in [6, 6.07) is 7.73. The van der Waals surface area contributed by atoms with E-state index in [0.717, 1.165) is 24.1 Å². The van der Waals surface area contributed by atoms with Gasteiger partial charge in [0.05, 0.1) is 0 Å². The highest BCUT2D eigenvalue weighted by molar-refractivity contribution is 7.80. The van der Waals surface area contributed by atoms with Crippen LogP contribution < -0.4 is 10.6 Å². The molecule has 0 heterocycles. The maximum Gasteiger partial charge on any atom is 0.226 e. The molecule has 26 heavy (non-hydrogen) atoms. The van der Waals surface area contributed by atoms with Crippen molar-refractivity contribution in [3.63, 3.8) is 0 Å². The molecule has 1 rings (SSSR count). The number of nitrogens with one attached hydrogen (secondary N) is 2. The Bertz CT molecular complexity index is 585. The van der Waals surface area contributed by atoms with E-state index in [1.54, 1.807) is 19.0 Å². The Kier molecular flexibility index (Phi) is 10.5. The minimum absolute atomic E-state index is 0.0437. The summed E-state index contributed by atoms with van der Waals surface area (Å²) < 4.78 is 0. The molecule has 5 nitrogen and oxygen atoms in total. The molecule has 0 saturated heterocycles. The summed E-state index contributed by atoms with van der Waals surface area (Å²) in [5.41, 5.74) is 1.91. The number of aryl methyl sites for hydroxylation is 1. The van der Waals surface area contributed by atoms with Gasteiger partial charge in [0.1, 0.15) is 0 Å². The summed E-state index contributed by atoms with van der Waals surface area (Å²) in [4.78, 5) is 25.1. The third kappa shape index (κ3) is 9.51. The van der Waals surface area contributed by atoms with Crippen LogP contribution in [-0.4, -0.2) is 35.9 Å². The number of hydrogen-bond donors (Lipinski definition) is 2. The van der Waals surface area contributed by atoms with Crippen molar-refractivity contribution in [2.45, 2.75) is 58.3 Å². The molecule has 144 valence electrons. The van der Waals surface area contributed by atoms with Gasteiger partial charge in [-0.15, -0.1) is 0 Å². The summed E-state index contributed by atoms with van der Waals surface area (Å²) in [6.45, 7) is 2.17. The van der Waals surface area contributed by atoms with Crippen molar-refractivity contribution in [3.05, 3.63) is 29.8 Å². The quantitative estimate of drug-likeness (QED) is 0.480. The lowest BCUT2D eigenvalue weighted by atomic mass is 10.1. The molecule has 0 aromatic heterocycles. The molecule has 0 saturated carbocycles. The smallest absolute Gasteiger partial charge is 0.226 e. The lowest BCUT2D eigenvalue weighted by Crippen LogP contribution is -2.33. The molecule has 0 atom stereocenters. The number of unbranched alkanes of at least 4 members (excludes halogenated alkanes) is 4. The van der Waals surface area contributed by atoms with Gasteiger partial charge in [-0.3, -0.25) is 9.59 Å². The van der Waals surface area contributed by atoms with Crippen molar-refractivity contribution in [2.24, 2.45) is 0 Å². The topological polar surface area (TPSA) is 61.4 Å². The molecule has 2 N–H and O–H groups in total. The zero-order chi connectivity index (χ0) is 19.4. The number of rotatable bonds is 10. The van der Waals surface area contributed by atoms with E-state index in [1.165, 1.54) is 19.3 Å². The van der Waals surface area contributed by atoms with Gasteiger partial charge in [0.2, 0.25) is 11.8 Å². The fraction of sp³-hybridized carbons (Fsp3) is 0.550.